The highest BCUT2D eigenvalue weighted by atomic mass is 32.2. The number of ether oxygens (including phenoxy) is 2. The molecule has 0 spiro atoms. The largest absolute Gasteiger partial charge is 0.493 e. The van der Waals surface area contributed by atoms with Crippen molar-refractivity contribution in [1.82, 2.24) is 5.01 Å². The van der Waals surface area contributed by atoms with Crippen LogP contribution in [0.2, 0.25) is 0 Å². The van der Waals surface area contributed by atoms with Crippen molar-refractivity contribution in [2.45, 2.75) is 12.8 Å². The number of amidine groups is 1. The average Bonchev–Trinajstić information content (AvgIpc) is 2.81. The first-order valence-electron chi connectivity index (χ1n) is 10.1. The van der Waals surface area contributed by atoms with Gasteiger partial charge in [-0.1, -0.05) is 17.8 Å². The molecule has 31 heavy (non-hydrogen) atoms. The maximum atomic E-state index is 11.7. The van der Waals surface area contributed by atoms with Gasteiger partial charge in [-0.2, -0.15) is 5.10 Å². The molecule has 0 fully saturated rings. The van der Waals surface area contributed by atoms with Gasteiger partial charge in [0.25, 0.3) is 0 Å². The molecule has 1 amide bonds. The number of hydrazone groups is 1. The number of methoxy groups -OCH3 is 2. The van der Waals surface area contributed by atoms with Crippen LogP contribution in [-0.4, -0.2) is 62.4 Å². The number of aryl methyl sites for hydroxylation is 1. The minimum atomic E-state index is -0.0217. The van der Waals surface area contributed by atoms with E-state index in [9.17, 15) is 4.79 Å². The zero-order valence-corrected chi connectivity index (χ0v) is 19.0. The molecule has 0 saturated heterocycles. The fourth-order valence-corrected chi connectivity index (χ4v) is 4.71. The van der Waals surface area contributed by atoms with E-state index in [2.05, 4.69) is 33.2 Å². The lowest BCUT2D eigenvalue weighted by molar-refractivity contribution is 0.235. The fourth-order valence-electron chi connectivity index (χ4n) is 3.99. The first-order chi connectivity index (χ1) is 15.0. The molecule has 2 aromatic carbocycles. The molecule has 4 rings (SSSR count). The van der Waals surface area contributed by atoms with Crippen molar-refractivity contribution in [3.63, 3.8) is 0 Å². The lowest BCUT2D eigenvalue weighted by Gasteiger charge is -2.33. The number of benzene rings is 2. The first kappa shape index (κ1) is 21.2. The van der Waals surface area contributed by atoms with Gasteiger partial charge in [0, 0.05) is 37.6 Å². The number of fused-ring (bicyclic) bond motifs is 1. The van der Waals surface area contributed by atoms with E-state index in [-0.39, 0.29) is 5.24 Å². The summed E-state index contributed by atoms with van der Waals surface area (Å²) >= 11 is 1.28. The number of hydrogen-bond acceptors (Lipinski definition) is 6. The molecule has 8 heteroatoms. The van der Waals surface area contributed by atoms with Crippen molar-refractivity contribution >= 4 is 34.2 Å². The minimum Gasteiger partial charge on any atom is -0.493 e. The second-order valence-electron chi connectivity index (χ2n) is 7.34. The predicted molar refractivity (Wildman–Crippen MR) is 126 cm³/mol. The van der Waals surface area contributed by atoms with Crippen LogP contribution in [-0.2, 0) is 6.42 Å². The molecule has 0 unspecified atom stereocenters. The van der Waals surface area contributed by atoms with Gasteiger partial charge in [0.1, 0.15) is 5.84 Å². The zero-order valence-electron chi connectivity index (χ0n) is 18.2. The van der Waals surface area contributed by atoms with Gasteiger partial charge >= 0.3 is 5.24 Å². The summed E-state index contributed by atoms with van der Waals surface area (Å²) in [5, 5.41) is 5.84. The predicted octanol–water partition coefficient (Wildman–Crippen LogP) is 4.04. The van der Waals surface area contributed by atoms with E-state index in [0.29, 0.717) is 17.3 Å². The monoisotopic (exact) mass is 438 g/mol. The first-order valence-corrected chi connectivity index (χ1v) is 11.1. The minimum absolute atomic E-state index is 0.0217. The Kier molecular flexibility index (Phi) is 6.18. The normalized spacial score (nSPS) is 16.7. The van der Waals surface area contributed by atoms with Crippen molar-refractivity contribution in [1.29, 1.82) is 0 Å². The zero-order chi connectivity index (χ0) is 22.0. The molecule has 0 N–H and O–H groups in total. The maximum Gasteiger partial charge on any atom is 0.301 e. The van der Waals surface area contributed by atoms with Crippen molar-refractivity contribution in [2.75, 3.05) is 45.5 Å². The third-order valence-electron chi connectivity index (χ3n) is 5.51. The molecule has 162 valence electrons. The van der Waals surface area contributed by atoms with Gasteiger partial charge in [0.05, 0.1) is 19.9 Å². The molecule has 2 aliphatic heterocycles. The van der Waals surface area contributed by atoms with Gasteiger partial charge in [0.2, 0.25) is 0 Å². The van der Waals surface area contributed by atoms with Crippen LogP contribution in [0.3, 0.4) is 0 Å². The van der Waals surface area contributed by atoms with E-state index >= 15 is 0 Å². The lowest BCUT2D eigenvalue weighted by atomic mass is 9.97. The number of hydrogen-bond donors (Lipinski definition) is 0. The molecule has 0 atom stereocenters. The number of aliphatic imine (C=N–C) groups is 1. The summed E-state index contributed by atoms with van der Waals surface area (Å²) in [6.45, 7) is 0.890. The second kappa shape index (κ2) is 9.01. The third-order valence-corrected chi connectivity index (χ3v) is 6.44. The number of carbonyl (C=O) groups is 1. The number of carbonyl (C=O) groups excluding carboxylic acids is 1. The van der Waals surface area contributed by atoms with Gasteiger partial charge in [-0.25, -0.2) is 5.01 Å². The Bertz CT molecular complexity index is 1070. The molecular formula is C23H26N4O3S. The van der Waals surface area contributed by atoms with Crippen LogP contribution < -0.4 is 14.4 Å². The number of nitrogens with zero attached hydrogens (tertiary/aromatic N) is 4. The van der Waals surface area contributed by atoms with Crippen LogP contribution in [0, 0.1) is 0 Å². The van der Waals surface area contributed by atoms with E-state index in [1.165, 1.54) is 22.3 Å². The van der Waals surface area contributed by atoms with Crippen molar-refractivity contribution in [3.8, 4) is 11.5 Å². The van der Waals surface area contributed by atoms with E-state index in [1.807, 2.05) is 25.2 Å². The highest BCUT2D eigenvalue weighted by Gasteiger charge is 2.25. The van der Waals surface area contributed by atoms with Crippen LogP contribution in [0.15, 0.2) is 46.5 Å². The molecule has 2 aliphatic rings. The SMILES string of the molecule is C/N=C(/c1ccc(OC)c(OC)c1)N1CCCc2cc(C3=NN(C)C(=O)SC3)ccc21. The fraction of sp³-hybridized carbons (Fsp3) is 0.348. The molecule has 2 aromatic rings. The summed E-state index contributed by atoms with van der Waals surface area (Å²) in [6, 6.07) is 12.3. The van der Waals surface area contributed by atoms with Gasteiger partial charge in [-0.3, -0.25) is 9.79 Å². The number of amides is 1. The smallest absolute Gasteiger partial charge is 0.301 e. The quantitative estimate of drug-likeness (QED) is 0.533. The number of rotatable bonds is 4. The van der Waals surface area contributed by atoms with Crippen LogP contribution in [0.4, 0.5) is 10.5 Å². The summed E-state index contributed by atoms with van der Waals surface area (Å²) in [4.78, 5) is 18.6. The summed E-state index contributed by atoms with van der Waals surface area (Å²) in [6.07, 6.45) is 2.03. The molecule has 0 aliphatic carbocycles. The molecule has 7 nitrogen and oxygen atoms in total. The summed E-state index contributed by atoms with van der Waals surface area (Å²) < 4.78 is 10.9. The Morgan fingerprint density at radius 2 is 1.94 bits per heavy atom. The van der Waals surface area contributed by atoms with Crippen molar-refractivity contribution in [2.24, 2.45) is 10.1 Å². The van der Waals surface area contributed by atoms with Crippen LogP contribution in [0.1, 0.15) is 23.1 Å². The van der Waals surface area contributed by atoms with Crippen molar-refractivity contribution in [3.05, 3.63) is 53.1 Å². The Balaban J connectivity index is 1.68. The summed E-state index contributed by atoms with van der Waals surface area (Å²) in [5.74, 6) is 2.87. The lowest BCUT2D eigenvalue weighted by Crippen LogP contribution is -2.36. The molecule has 0 bridgehead atoms. The molecule has 0 radical (unpaired) electrons. The maximum absolute atomic E-state index is 11.7. The van der Waals surface area contributed by atoms with E-state index in [1.54, 1.807) is 21.3 Å². The Morgan fingerprint density at radius 1 is 1.13 bits per heavy atom. The second-order valence-corrected chi connectivity index (χ2v) is 8.27. The van der Waals surface area contributed by atoms with Gasteiger partial charge in [0.15, 0.2) is 11.5 Å². The Hall–Kier alpha value is -3.00. The van der Waals surface area contributed by atoms with E-state index in [0.717, 1.165) is 47.7 Å². The molecule has 2 heterocycles. The van der Waals surface area contributed by atoms with Gasteiger partial charge < -0.3 is 14.4 Å². The summed E-state index contributed by atoms with van der Waals surface area (Å²) in [5.41, 5.74) is 5.38. The van der Waals surface area contributed by atoms with E-state index in [4.69, 9.17) is 9.47 Å². The average molecular weight is 439 g/mol. The van der Waals surface area contributed by atoms with E-state index < -0.39 is 0 Å². The van der Waals surface area contributed by atoms with Gasteiger partial charge in [-0.15, -0.1) is 0 Å². The van der Waals surface area contributed by atoms with Crippen molar-refractivity contribution < 1.29 is 14.3 Å². The molecule has 0 saturated carbocycles. The Labute approximate surface area is 186 Å². The molecular weight excluding hydrogens is 412 g/mol. The number of thioether (sulfide) groups is 1. The van der Waals surface area contributed by atoms with Crippen LogP contribution in [0.5, 0.6) is 11.5 Å². The third kappa shape index (κ3) is 4.12. The summed E-state index contributed by atoms with van der Waals surface area (Å²) in [7, 11) is 6.78. The number of anilines is 1. The highest BCUT2D eigenvalue weighted by Crippen LogP contribution is 2.33. The van der Waals surface area contributed by atoms with Crippen LogP contribution in [0.25, 0.3) is 0 Å². The standard InChI is InChI=1S/C23H26N4O3S/c1-24-22(17-8-10-20(29-3)21(13-17)30-4)27-11-5-6-16-12-15(7-9-19(16)27)18-14-31-23(28)26(2)25-18/h7-10,12-13H,5-6,11,14H2,1-4H3/b24-22-. The Morgan fingerprint density at radius 3 is 2.65 bits per heavy atom. The molecule has 0 aromatic heterocycles. The topological polar surface area (TPSA) is 66.7 Å². The van der Waals surface area contributed by atoms with Gasteiger partial charge in [-0.05, 0) is 54.3 Å². The van der Waals surface area contributed by atoms with Crippen LogP contribution >= 0.6 is 11.8 Å². The highest BCUT2D eigenvalue weighted by molar-refractivity contribution is 8.14.